The molecule has 176 valence electrons. The Labute approximate surface area is 202 Å². The number of hydrogen-bond acceptors (Lipinski definition) is 6. The number of rotatable bonds is 7. The van der Waals surface area contributed by atoms with E-state index < -0.39 is 11.7 Å². The molecular formula is C24H21BrF3N5O. The molecule has 6 nitrogen and oxygen atoms in total. The molecule has 34 heavy (non-hydrogen) atoms. The normalized spacial score (nSPS) is 11.9. The maximum atomic E-state index is 13.5. The van der Waals surface area contributed by atoms with E-state index in [0.717, 1.165) is 10.5 Å². The summed E-state index contributed by atoms with van der Waals surface area (Å²) in [7, 11) is 0. The minimum Gasteiger partial charge on any atom is -0.375 e. The van der Waals surface area contributed by atoms with Gasteiger partial charge in [0.05, 0.1) is 29.2 Å². The third-order valence-corrected chi connectivity index (χ3v) is 5.24. The predicted molar refractivity (Wildman–Crippen MR) is 127 cm³/mol. The number of aromatic nitrogens is 4. The highest BCUT2D eigenvalue weighted by molar-refractivity contribution is 9.10. The Morgan fingerprint density at radius 2 is 1.88 bits per heavy atom. The molecule has 0 saturated heterocycles. The number of ether oxygens (including phenoxy) is 1. The molecule has 4 heterocycles. The van der Waals surface area contributed by atoms with E-state index in [0.29, 0.717) is 35.1 Å². The maximum absolute atomic E-state index is 13.5. The summed E-state index contributed by atoms with van der Waals surface area (Å²) in [5, 5.41) is 3.88. The zero-order valence-electron chi connectivity index (χ0n) is 18.4. The third kappa shape index (κ3) is 5.68. The van der Waals surface area contributed by atoms with Crippen molar-refractivity contribution in [2.75, 3.05) is 11.9 Å². The first kappa shape index (κ1) is 24.0. The van der Waals surface area contributed by atoms with Crippen LogP contribution in [0.1, 0.15) is 25.1 Å². The minimum atomic E-state index is -4.56. The fourth-order valence-electron chi connectivity index (χ4n) is 3.29. The first-order valence-electron chi connectivity index (χ1n) is 10.5. The van der Waals surface area contributed by atoms with Crippen molar-refractivity contribution in [3.05, 3.63) is 70.6 Å². The Balaban J connectivity index is 1.79. The van der Waals surface area contributed by atoms with Crippen molar-refractivity contribution >= 4 is 38.5 Å². The summed E-state index contributed by atoms with van der Waals surface area (Å²) in [6.45, 7) is 4.87. The summed E-state index contributed by atoms with van der Waals surface area (Å²) in [6.07, 6.45) is -1.58. The average molecular weight is 532 g/mol. The highest BCUT2D eigenvalue weighted by atomic mass is 79.9. The van der Waals surface area contributed by atoms with Gasteiger partial charge in [-0.25, -0.2) is 15.0 Å². The lowest BCUT2D eigenvalue weighted by Crippen LogP contribution is -2.09. The first-order chi connectivity index (χ1) is 16.2. The van der Waals surface area contributed by atoms with E-state index in [1.807, 2.05) is 26.0 Å². The molecule has 0 amide bonds. The summed E-state index contributed by atoms with van der Waals surface area (Å²) in [4.78, 5) is 17.3. The molecule has 10 heteroatoms. The van der Waals surface area contributed by atoms with Gasteiger partial charge in [0.1, 0.15) is 11.5 Å². The Morgan fingerprint density at radius 3 is 2.59 bits per heavy atom. The molecule has 0 spiro atoms. The third-order valence-electron chi connectivity index (χ3n) is 4.77. The zero-order chi connectivity index (χ0) is 24.3. The number of pyridine rings is 4. The van der Waals surface area contributed by atoms with E-state index in [4.69, 9.17) is 4.74 Å². The van der Waals surface area contributed by atoms with Gasteiger partial charge in [0, 0.05) is 28.9 Å². The van der Waals surface area contributed by atoms with Gasteiger partial charge in [-0.3, -0.25) is 4.98 Å². The second-order valence-corrected chi connectivity index (χ2v) is 8.94. The van der Waals surface area contributed by atoms with Gasteiger partial charge in [0.25, 0.3) is 0 Å². The molecule has 4 aromatic heterocycles. The molecule has 0 aliphatic heterocycles. The molecule has 0 atom stereocenters. The SMILES string of the molecule is CC(C)COCc1cc(Nc2ccc(Br)cn2)c2ccc(-c3ncccc3C(F)(F)F)nc2n1. The van der Waals surface area contributed by atoms with E-state index in [1.54, 1.807) is 18.3 Å². The number of halogens is 4. The van der Waals surface area contributed by atoms with Gasteiger partial charge in [-0.15, -0.1) is 0 Å². The quantitative estimate of drug-likeness (QED) is 0.283. The fraction of sp³-hybridized carbons (Fsp3) is 0.250. The van der Waals surface area contributed by atoms with Crippen LogP contribution in [0.15, 0.2) is 59.3 Å². The Kier molecular flexibility index (Phi) is 7.08. The van der Waals surface area contributed by atoms with Gasteiger partial charge in [-0.2, -0.15) is 13.2 Å². The van der Waals surface area contributed by atoms with E-state index in [1.165, 1.54) is 18.3 Å². The van der Waals surface area contributed by atoms with Crippen LogP contribution in [0.2, 0.25) is 0 Å². The lowest BCUT2D eigenvalue weighted by atomic mass is 10.1. The molecule has 0 aliphatic rings. The monoisotopic (exact) mass is 531 g/mol. The predicted octanol–water partition coefficient (Wildman–Crippen LogP) is 6.78. The molecular weight excluding hydrogens is 511 g/mol. The van der Waals surface area contributed by atoms with Gasteiger partial charge in [0.2, 0.25) is 0 Å². The van der Waals surface area contributed by atoms with Crippen molar-refractivity contribution in [2.45, 2.75) is 26.6 Å². The number of hydrogen-bond donors (Lipinski definition) is 1. The van der Waals surface area contributed by atoms with Crippen LogP contribution < -0.4 is 5.32 Å². The topological polar surface area (TPSA) is 72.8 Å². The molecule has 0 fully saturated rings. The Bertz CT molecular complexity index is 1300. The highest BCUT2D eigenvalue weighted by Gasteiger charge is 2.34. The second-order valence-electron chi connectivity index (χ2n) is 8.02. The van der Waals surface area contributed by atoms with Crippen molar-refractivity contribution in [3.63, 3.8) is 0 Å². The summed E-state index contributed by atoms with van der Waals surface area (Å²) in [5.41, 5.74) is 0.524. The first-order valence-corrected chi connectivity index (χ1v) is 11.3. The van der Waals surface area contributed by atoms with Crippen LogP contribution >= 0.6 is 15.9 Å². The van der Waals surface area contributed by atoms with E-state index >= 15 is 0 Å². The van der Waals surface area contributed by atoms with Crippen LogP contribution in [-0.2, 0) is 17.5 Å². The Hall–Kier alpha value is -3.11. The van der Waals surface area contributed by atoms with Crippen LogP contribution in [0.3, 0.4) is 0 Å². The highest BCUT2D eigenvalue weighted by Crippen LogP contribution is 2.36. The van der Waals surface area contributed by atoms with Gasteiger partial charge in [-0.1, -0.05) is 13.8 Å². The fourth-order valence-corrected chi connectivity index (χ4v) is 3.53. The summed E-state index contributed by atoms with van der Waals surface area (Å²) < 4.78 is 47.2. The number of alkyl halides is 3. The van der Waals surface area contributed by atoms with Crippen molar-refractivity contribution in [3.8, 4) is 11.4 Å². The van der Waals surface area contributed by atoms with Gasteiger partial charge in [0.15, 0.2) is 5.65 Å². The molecule has 4 aromatic rings. The number of fused-ring (bicyclic) bond motifs is 1. The van der Waals surface area contributed by atoms with Crippen molar-refractivity contribution in [1.82, 2.24) is 19.9 Å². The molecule has 0 aromatic carbocycles. The van der Waals surface area contributed by atoms with Crippen LogP contribution in [0.25, 0.3) is 22.4 Å². The van der Waals surface area contributed by atoms with Crippen LogP contribution in [-0.4, -0.2) is 26.5 Å². The lowest BCUT2D eigenvalue weighted by Gasteiger charge is -2.14. The van der Waals surface area contributed by atoms with Crippen molar-refractivity contribution < 1.29 is 17.9 Å². The number of anilines is 2. The molecule has 4 rings (SSSR count). The molecule has 0 saturated carbocycles. The summed E-state index contributed by atoms with van der Waals surface area (Å²) in [5.74, 6) is 0.942. The van der Waals surface area contributed by atoms with Gasteiger partial charge >= 0.3 is 6.18 Å². The average Bonchev–Trinajstić information content (AvgIpc) is 2.79. The lowest BCUT2D eigenvalue weighted by molar-refractivity contribution is -0.137. The number of nitrogens with one attached hydrogen (secondary N) is 1. The van der Waals surface area contributed by atoms with Crippen LogP contribution in [0.5, 0.6) is 0 Å². The molecule has 0 radical (unpaired) electrons. The van der Waals surface area contributed by atoms with Crippen molar-refractivity contribution in [2.24, 2.45) is 5.92 Å². The van der Waals surface area contributed by atoms with Gasteiger partial charge < -0.3 is 10.1 Å². The van der Waals surface area contributed by atoms with Gasteiger partial charge in [-0.05, 0) is 64.3 Å². The largest absolute Gasteiger partial charge is 0.418 e. The minimum absolute atomic E-state index is 0.0842. The smallest absolute Gasteiger partial charge is 0.375 e. The van der Waals surface area contributed by atoms with E-state index in [-0.39, 0.29) is 23.6 Å². The molecule has 1 N–H and O–H groups in total. The molecule has 0 bridgehead atoms. The molecule has 0 aliphatic carbocycles. The second kappa shape index (κ2) is 10.0. The van der Waals surface area contributed by atoms with Crippen LogP contribution in [0.4, 0.5) is 24.7 Å². The van der Waals surface area contributed by atoms with Crippen molar-refractivity contribution in [1.29, 1.82) is 0 Å². The molecule has 0 unspecified atom stereocenters. The maximum Gasteiger partial charge on any atom is 0.418 e. The summed E-state index contributed by atoms with van der Waals surface area (Å²) in [6, 6.07) is 10.9. The Morgan fingerprint density at radius 1 is 1.06 bits per heavy atom. The van der Waals surface area contributed by atoms with E-state index in [2.05, 4.69) is 41.2 Å². The zero-order valence-corrected chi connectivity index (χ0v) is 20.0. The number of nitrogens with zero attached hydrogens (tertiary/aromatic N) is 4. The van der Waals surface area contributed by atoms with E-state index in [9.17, 15) is 13.2 Å². The summed E-state index contributed by atoms with van der Waals surface area (Å²) >= 11 is 3.36. The standard InChI is InChI=1S/C24H21BrF3N5O/c1-14(2)12-34-13-16-10-20(32-21-8-5-15(25)11-30-21)17-6-7-19(33-23(17)31-16)22-18(24(26,27)28)4-3-9-29-22/h3-11,14H,12-13H2,1-2H3,(H,30,31,32,33). The van der Waals surface area contributed by atoms with Crippen LogP contribution in [0, 0.1) is 5.92 Å².